The Bertz CT molecular complexity index is 524. The monoisotopic (exact) mass is 218 g/mol. The average Bonchev–Trinajstić information content (AvgIpc) is 2.66. The third-order valence-electron chi connectivity index (χ3n) is 2.54. The van der Waals surface area contributed by atoms with E-state index in [0.717, 1.165) is 0 Å². The number of rotatable bonds is 1. The summed E-state index contributed by atoms with van der Waals surface area (Å²) >= 11 is 0. The summed E-state index contributed by atoms with van der Waals surface area (Å²) in [5.41, 5.74) is 0.915. The Morgan fingerprint density at radius 3 is 2.62 bits per heavy atom. The number of nitriles is 1. The minimum Gasteiger partial charge on any atom is -0.297 e. The number of aryl methyl sites for hydroxylation is 2. The van der Waals surface area contributed by atoms with E-state index in [2.05, 4.69) is 5.10 Å². The minimum atomic E-state index is -0.274. The number of Topliss-reactive ketones (excluding diaryl/α,β-unsaturated/α-hetero) is 1. The van der Waals surface area contributed by atoms with Gasteiger partial charge in [-0.05, 0) is 6.92 Å². The maximum Gasteiger partial charge on any atom is 0.236 e. The lowest BCUT2D eigenvalue weighted by Crippen LogP contribution is -2.27. The number of amides is 1. The molecule has 0 N–H and O–H groups in total. The molecule has 0 spiro atoms. The van der Waals surface area contributed by atoms with E-state index in [1.165, 1.54) is 9.58 Å². The summed E-state index contributed by atoms with van der Waals surface area (Å²) in [6.07, 6.45) is -0.0882. The quantitative estimate of drug-likeness (QED) is 0.617. The van der Waals surface area contributed by atoms with Gasteiger partial charge in [0.25, 0.3) is 0 Å². The SMILES string of the molecule is Cc1nn(C)c(N2CC(=O)CC2=O)c1C#N. The average molecular weight is 218 g/mol. The fourth-order valence-electron chi connectivity index (χ4n) is 1.86. The molecule has 2 heterocycles. The predicted molar refractivity (Wildman–Crippen MR) is 54.6 cm³/mol. The van der Waals surface area contributed by atoms with Crippen molar-refractivity contribution in [3.63, 3.8) is 0 Å². The first-order valence-electron chi connectivity index (χ1n) is 4.80. The number of hydrogen-bond acceptors (Lipinski definition) is 4. The van der Waals surface area contributed by atoms with Gasteiger partial charge in [0, 0.05) is 7.05 Å². The van der Waals surface area contributed by atoms with Crippen LogP contribution in [-0.2, 0) is 16.6 Å². The smallest absolute Gasteiger partial charge is 0.236 e. The second-order valence-corrected chi connectivity index (χ2v) is 3.71. The van der Waals surface area contributed by atoms with Crippen LogP contribution in [0.4, 0.5) is 5.82 Å². The molecule has 0 unspecified atom stereocenters. The molecule has 0 aliphatic carbocycles. The highest BCUT2D eigenvalue weighted by Gasteiger charge is 2.33. The summed E-state index contributed by atoms with van der Waals surface area (Å²) in [5, 5.41) is 13.1. The summed E-state index contributed by atoms with van der Waals surface area (Å²) in [6, 6.07) is 2.01. The number of nitrogens with zero attached hydrogens (tertiary/aromatic N) is 4. The molecule has 1 amide bonds. The molecule has 2 rings (SSSR count). The zero-order chi connectivity index (χ0) is 11.9. The van der Waals surface area contributed by atoms with Crippen molar-refractivity contribution in [3.05, 3.63) is 11.3 Å². The zero-order valence-electron chi connectivity index (χ0n) is 9.02. The lowest BCUT2D eigenvalue weighted by atomic mass is 10.2. The lowest BCUT2D eigenvalue weighted by molar-refractivity contribution is -0.121. The van der Waals surface area contributed by atoms with Crippen molar-refractivity contribution in [2.75, 3.05) is 11.4 Å². The number of ketones is 1. The van der Waals surface area contributed by atoms with Crippen molar-refractivity contribution >= 4 is 17.5 Å². The third kappa shape index (κ3) is 1.37. The number of hydrogen-bond donors (Lipinski definition) is 0. The van der Waals surface area contributed by atoms with E-state index >= 15 is 0 Å². The van der Waals surface area contributed by atoms with Gasteiger partial charge in [0.2, 0.25) is 5.91 Å². The first-order chi connectivity index (χ1) is 7.54. The largest absolute Gasteiger partial charge is 0.297 e. The van der Waals surface area contributed by atoms with Gasteiger partial charge in [-0.3, -0.25) is 19.2 Å². The van der Waals surface area contributed by atoms with Gasteiger partial charge in [0.1, 0.15) is 11.6 Å². The van der Waals surface area contributed by atoms with Gasteiger partial charge in [-0.1, -0.05) is 0 Å². The number of anilines is 1. The first-order valence-corrected chi connectivity index (χ1v) is 4.80. The summed E-state index contributed by atoms with van der Waals surface area (Å²) < 4.78 is 1.46. The lowest BCUT2D eigenvalue weighted by Gasteiger charge is -2.14. The van der Waals surface area contributed by atoms with Crippen molar-refractivity contribution in [2.24, 2.45) is 7.05 Å². The molecule has 0 aromatic carbocycles. The van der Waals surface area contributed by atoms with Gasteiger partial charge < -0.3 is 0 Å². The van der Waals surface area contributed by atoms with Gasteiger partial charge in [-0.25, -0.2) is 0 Å². The third-order valence-corrected chi connectivity index (χ3v) is 2.54. The van der Waals surface area contributed by atoms with Crippen molar-refractivity contribution in [2.45, 2.75) is 13.3 Å². The molecule has 6 heteroatoms. The van der Waals surface area contributed by atoms with E-state index < -0.39 is 0 Å². The minimum absolute atomic E-state index is 0.0342. The van der Waals surface area contributed by atoms with E-state index in [4.69, 9.17) is 5.26 Å². The van der Waals surface area contributed by atoms with Crippen LogP contribution >= 0.6 is 0 Å². The van der Waals surface area contributed by atoms with Gasteiger partial charge in [0.15, 0.2) is 11.6 Å². The van der Waals surface area contributed by atoms with Crippen molar-refractivity contribution in [1.82, 2.24) is 9.78 Å². The highest BCUT2D eigenvalue weighted by Crippen LogP contribution is 2.25. The van der Waals surface area contributed by atoms with E-state index in [9.17, 15) is 9.59 Å². The summed E-state index contributed by atoms with van der Waals surface area (Å²) in [4.78, 5) is 24.1. The van der Waals surface area contributed by atoms with E-state index in [0.29, 0.717) is 17.1 Å². The molecule has 1 aliphatic rings. The molecule has 0 radical (unpaired) electrons. The highest BCUT2D eigenvalue weighted by atomic mass is 16.2. The van der Waals surface area contributed by atoms with Crippen LogP contribution in [-0.4, -0.2) is 28.0 Å². The molecule has 1 fully saturated rings. The normalized spacial score (nSPS) is 15.7. The van der Waals surface area contributed by atoms with Crippen molar-refractivity contribution < 1.29 is 9.59 Å². The Balaban J connectivity index is 2.53. The first kappa shape index (κ1) is 10.4. The molecular formula is C10H10N4O2. The van der Waals surface area contributed by atoms with Gasteiger partial charge in [-0.15, -0.1) is 0 Å². The molecule has 1 aromatic heterocycles. The van der Waals surface area contributed by atoms with Crippen LogP contribution in [0.3, 0.4) is 0 Å². The summed E-state index contributed by atoms with van der Waals surface area (Å²) in [5.74, 6) is 0.00749. The summed E-state index contributed by atoms with van der Waals surface area (Å²) in [7, 11) is 1.65. The van der Waals surface area contributed by atoms with Crippen LogP contribution in [0, 0.1) is 18.3 Å². The topological polar surface area (TPSA) is 79.0 Å². The van der Waals surface area contributed by atoms with Gasteiger partial charge in [0.05, 0.1) is 18.7 Å². The standard InChI is InChI=1S/C10H10N4O2/c1-6-8(4-11)10(13(2)12-6)14-5-7(15)3-9(14)16/h3,5H2,1-2H3. The van der Waals surface area contributed by atoms with E-state index in [1.807, 2.05) is 6.07 Å². The molecule has 0 atom stereocenters. The molecular weight excluding hydrogens is 208 g/mol. The van der Waals surface area contributed by atoms with Crippen LogP contribution in [0.2, 0.25) is 0 Å². The fourth-order valence-corrected chi connectivity index (χ4v) is 1.86. The Morgan fingerprint density at radius 2 is 2.12 bits per heavy atom. The highest BCUT2D eigenvalue weighted by molar-refractivity contribution is 6.15. The van der Waals surface area contributed by atoms with Crippen LogP contribution in [0.15, 0.2) is 0 Å². The van der Waals surface area contributed by atoms with Crippen LogP contribution in [0.1, 0.15) is 17.7 Å². The Labute approximate surface area is 92.1 Å². The fraction of sp³-hybridized carbons (Fsp3) is 0.400. The van der Waals surface area contributed by atoms with Crippen molar-refractivity contribution in [3.8, 4) is 6.07 Å². The Morgan fingerprint density at radius 1 is 1.44 bits per heavy atom. The maximum atomic E-state index is 11.6. The molecule has 0 bridgehead atoms. The summed E-state index contributed by atoms with van der Waals surface area (Å²) in [6.45, 7) is 1.73. The number of carbonyl (C=O) groups is 2. The van der Waals surface area contributed by atoms with Gasteiger partial charge >= 0.3 is 0 Å². The van der Waals surface area contributed by atoms with Gasteiger partial charge in [-0.2, -0.15) is 10.4 Å². The molecule has 1 saturated heterocycles. The van der Waals surface area contributed by atoms with E-state index in [1.54, 1.807) is 14.0 Å². The molecule has 1 aromatic rings. The van der Waals surface area contributed by atoms with E-state index in [-0.39, 0.29) is 24.7 Å². The molecule has 1 aliphatic heterocycles. The second-order valence-electron chi connectivity index (χ2n) is 3.71. The van der Waals surface area contributed by atoms with Crippen LogP contribution in [0.5, 0.6) is 0 Å². The van der Waals surface area contributed by atoms with Crippen LogP contribution < -0.4 is 4.90 Å². The maximum absolute atomic E-state index is 11.6. The molecule has 16 heavy (non-hydrogen) atoms. The Kier molecular flexibility index (Phi) is 2.23. The van der Waals surface area contributed by atoms with Crippen LogP contribution in [0.25, 0.3) is 0 Å². The van der Waals surface area contributed by atoms with Crippen molar-refractivity contribution in [1.29, 1.82) is 5.26 Å². The zero-order valence-corrected chi connectivity index (χ0v) is 9.02. The molecule has 82 valence electrons. The number of carbonyl (C=O) groups excluding carboxylic acids is 2. The number of aromatic nitrogens is 2. The predicted octanol–water partition coefficient (Wildman–Crippen LogP) is -0.0940. The second kappa shape index (κ2) is 3.45. The molecule has 6 nitrogen and oxygen atoms in total. The Hall–Kier alpha value is -2.16. The molecule has 0 saturated carbocycles.